The van der Waals surface area contributed by atoms with Crippen molar-refractivity contribution in [1.82, 2.24) is 4.90 Å². The van der Waals surface area contributed by atoms with E-state index in [4.69, 9.17) is 16.3 Å². The van der Waals surface area contributed by atoms with E-state index in [0.29, 0.717) is 13.1 Å². The van der Waals surface area contributed by atoms with Gasteiger partial charge in [-0.2, -0.15) is 0 Å². The largest absolute Gasteiger partial charge is 0.444 e. The maximum Gasteiger partial charge on any atom is 0.410 e. The molecule has 1 amide bonds. The summed E-state index contributed by atoms with van der Waals surface area (Å²) in [5, 5.41) is 4.15. The molecule has 5 heteroatoms. The van der Waals surface area contributed by atoms with Crippen LogP contribution >= 0.6 is 11.6 Å². The number of carbonyl (C=O) groups excluding carboxylic acids is 1. The average Bonchev–Trinajstić information content (AvgIpc) is 2.22. The second-order valence-corrected chi connectivity index (χ2v) is 6.62. The minimum Gasteiger partial charge on any atom is -0.444 e. The number of carbonyl (C=O) groups is 1. The van der Waals surface area contributed by atoms with Crippen molar-refractivity contribution < 1.29 is 9.53 Å². The van der Waals surface area contributed by atoms with Gasteiger partial charge < -0.3 is 15.0 Å². The number of ether oxygens (including phenoxy) is 1. The minimum atomic E-state index is -0.442. The summed E-state index contributed by atoms with van der Waals surface area (Å²) in [5.74, 6) is 0. The first-order valence-corrected chi connectivity index (χ1v) is 7.13. The fourth-order valence-electron chi connectivity index (χ4n) is 2.05. The van der Waals surface area contributed by atoms with E-state index < -0.39 is 5.60 Å². The smallest absolute Gasteiger partial charge is 0.410 e. The van der Waals surface area contributed by atoms with Crippen molar-refractivity contribution in [3.8, 4) is 0 Å². The van der Waals surface area contributed by atoms with Crippen molar-refractivity contribution in [1.29, 1.82) is 0 Å². The number of anilines is 1. The van der Waals surface area contributed by atoms with Gasteiger partial charge in [-0.1, -0.05) is 11.6 Å². The number of hydrogen-bond donors (Lipinski definition) is 1. The van der Waals surface area contributed by atoms with Crippen molar-refractivity contribution in [2.45, 2.75) is 39.3 Å². The molecule has 1 aliphatic rings. The molecule has 4 nitrogen and oxygen atoms in total. The average molecular weight is 297 g/mol. The van der Waals surface area contributed by atoms with Crippen LogP contribution in [0.1, 0.15) is 26.3 Å². The Morgan fingerprint density at radius 3 is 2.60 bits per heavy atom. The van der Waals surface area contributed by atoms with E-state index in [1.807, 2.05) is 45.9 Å². The van der Waals surface area contributed by atoms with E-state index in [2.05, 4.69) is 5.32 Å². The summed E-state index contributed by atoms with van der Waals surface area (Å²) < 4.78 is 5.32. The van der Waals surface area contributed by atoms with Gasteiger partial charge in [-0.15, -0.1) is 0 Å². The topological polar surface area (TPSA) is 41.6 Å². The molecular weight excluding hydrogens is 276 g/mol. The molecule has 0 spiro atoms. The van der Waals surface area contributed by atoms with Crippen LogP contribution in [0.4, 0.5) is 10.5 Å². The molecule has 2 rings (SSSR count). The lowest BCUT2D eigenvalue weighted by molar-refractivity contribution is 0.0105. The van der Waals surface area contributed by atoms with E-state index in [1.54, 1.807) is 4.90 Å². The van der Waals surface area contributed by atoms with Crippen molar-refractivity contribution in [2.24, 2.45) is 0 Å². The maximum atomic E-state index is 11.8. The quantitative estimate of drug-likeness (QED) is 0.905. The van der Waals surface area contributed by atoms with Crippen molar-refractivity contribution in [3.05, 3.63) is 28.8 Å². The van der Waals surface area contributed by atoms with Crippen molar-refractivity contribution in [3.63, 3.8) is 0 Å². The Kier molecular flexibility index (Phi) is 4.14. The van der Waals surface area contributed by atoms with Crippen molar-refractivity contribution >= 4 is 23.4 Å². The molecule has 110 valence electrons. The SMILES string of the molecule is Cc1cc(Cl)ccc1NC1CN(C(=O)OC(C)(C)C)C1. The molecule has 0 atom stereocenters. The summed E-state index contributed by atoms with van der Waals surface area (Å²) >= 11 is 5.93. The Labute approximate surface area is 125 Å². The first kappa shape index (κ1) is 15.0. The summed E-state index contributed by atoms with van der Waals surface area (Å²) in [6.07, 6.45) is -0.247. The second kappa shape index (κ2) is 5.52. The van der Waals surface area contributed by atoms with E-state index >= 15 is 0 Å². The molecule has 0 radical (unpaired) electrons. The molecule has 1 aromatic carbocycles. The number of aryl methyl sites for hydroxylation is 1. The number of amides is 1. The van der Waals surface area contributed by atoms with Crippen molar-refractivity contribution in [2.75, 3.05) is 18.4 Å². The highest BCUT2D eigenvalue weighted by atomic mass is 35.5. The highest BCUT2D eigenvalue weighted by Crippen LogP contribution is 2.23. The Balaban J connectivity index is 1.83. The predicted octanol–water partition coefficient (Wildman–Crippen LogP) is 3.68. The summed E-state index contributed by atoms with van der Waals surface area (Å²) in [7, 11) is 0. The highest BCUT2D eigenvalue weighted by molar-refractivity contribution is 6.30. The number of rotatable bonds is 2. The van der Waals surface area contributed by atoms with Crippen LogP contribution in [0.25, 0.3) is 0 Å². The summed E-state index contributed by atoms with van der Waals surface area (Å²) in [6.45, 7) is 8.96. The van der Waals surface area contributed by atoms with Crippen LogP contribution < -0.4 is 5.32 Å². The van der Waals surface area contributed by atoms with E-state index in [9.17, 15) is 4.79 Å². The van der Waals surface area contributed by atoms with Crippen LogP contribution in [0.15, 0.2) is 18.2 Å². The zero-order valence-electron chi connectivity index (χ0n) is 12.4. The van der Waals surface area contributed by atoms with Gasteiger partial charge in [-0.3, -0.25) is 0 Å². The monoisotopic (exact) mass is 296 g/mol. The van der Waals surface area contributed by atoms with Gasteiger partial charge in [-0.25, -0.2) is 4.79 Å². The molecule has 0 saturated carbocycles. The zero-order valence-corrected chi connectivity index (χ0v) is 13.1. The van der Waals surface area contributed by atoms with Crippen LogP contribution in [0.2, 0.25) is 5.02 Å². The number of nitrogens with one attached hydrogen (secondary N) is 1. The lowest BCUT2D eigenvalue weighted by atomic mass is 10.1. The zero-order chi connectivity index (χ0) is 14.9. The second-order valence-electron chi connectivity index (χ2n) is 6.19. The fraction of sp³-hybridized carbons (Fsp3) is 0.533. The number of likely N-dealkylation sites (tertiary alicyclic amines) is 1. The van der Waals surface area contributed by atoms with Gasteiger partial charge >= 0.3 is 6.09 Å². The number of benzene rings is 1. The molecule has 1 heterocycles. The summed E-state index contributed by atoms with van der Waals surface area (Å²) in [5.41, 5.74) is 1.72. The Morgan fingerprint density at radius 1 is 1.40 bits per heavy atom. The molecule has 1 fully saturated rings. The fourth-order valence-corrected chi connectivity index (χ4v) is 2.28. The lowest BCUT2D eigenvalue weighted by Crippen LogP contribution is -2.58. The number of hydrogen-bond acceptors (Lipinski definition) is 3. The summed E-state index contributed by atoms with van der Waals surface area (Å²) in [6, 6.07) is 6.02. The molecule has 1 aliphatic heterocycles. The van der Waals surface area contributed by atoms with Crippen LogP contribution in [0, 0.1) is 6.92 Å². The van der Waals surface area contributed by atoms with E-state index in [0.717, 1.165) is 16.3 Å². The molecule has 1 saturated heterocycles. The lowest BCUT2D eigenvalue weighted by Gasteiger charge is -2.40. The molecule has 0 unspecified atom stereocenters. The van der Waals surface area contributed by atoms with Crippen LogP contribution in [-0.4, -0.2) is 35.7 Å². The van der Waals surface area contributed by atoms with Gasteiger partial charge in [-0.05, 0) is 51.5 Å². The molecule has 0 aliphatic carbocycles. The van der Waals surface area contributed by atoms with Gasteiger partial charge in [0.25, 0.3) is 0 Å². The van der Waals surface area contributed by atoms with Crippen LogP contribution in [0.3, 0.4) is 0 Å². The van der Waals surface area contributed by atoms with E-state index in [1.165, 1.54) is 0 Å². The number of halogens is 1. The molecule has 1 N–H and O–H groups in total. The van der Waals surface area contributed by atoms with E-state index in [-0.39, 0.29) is 12.1 Å². The first-order valence-electron chi connectivity index (χ1n) is 6.75. The number of nitrogens with zero attached hydrogens (tertiary/aromatic N) is 1. The van der Waals surface area contributed by atoms with Gasteiger partial charge in [0.1, 0.15) is 5.60 Å². The van der Waals surface area contributed by atoms with Crippen LogP contribution in [-0.2, 0) is 4.74 Å². The van der Waals surface area contributed by atoms with Gasteiger partial charge in [0.15, 0.2) is 0 Å². The standard InChI is InChI=1S/C15H21ClN2O2/c1-10-7-11(16)5-6-13(10)17-12-8-18(9-12)14(19)20-15(2,3)4/h5-7,12,17H,8-9H2,1-4H3. The predicted molar refractivity (Wildman–Crippen MR) is 81.4 cm³/mol. The normalized spacial score (nSPS) is 15.8. The van der Waals surface area contributed by atoms with Crippen LogP contribution in [0.5, 0.6) is 0 Å². The van der Waals surface area contributed by atoms with Gasteiger partial charge in [0.2, 0.25) is 0 Å². The molecule has 0 bridgehead atoms. The maximum absolute atomic E-state index is 11.8. The van der Waals surface area contributed by atoms with Gasteiger partial charge in [0.05, 0.1) is 6.04 Å². The Bertz CT molecular complexity index is 505. The third kappa shape index (κ3) is 3.79. The van der Waals surface area contributed by atoms with Gasteiger partial charge in [0, 0.05) is 23.8 Å². The molecular formula is C15H21ClN2O2. The Morgan fingerprint density at radius 2 is 2.05 bits per heavy atom. The molecule has 1 aromatic rings. The molecule has 20 heavy (non-hydrogen) atoms. The Hall–Kier alpha value is -1.42. The third-order valence-corrected chi connectivity index (χ3v) is 3.32. The first-order chi connectivity index (χ1) is 9.24. The summed E-state index contributed by atoms with van der Waals surface area (Å²) in [4.78, 5) is 13.5. The molecule has 0 aromatic heterocycles. The third-order valence-electron chi connectivity index (χ3n) is 3.08. The highest BCUT2D eigenvalue weighted by Gasteiger charge is 2.33. The minimum absolute atomic E-state index is 0.247.